The maximum atomic E-state index is 14.5. The van der Waals surface area contributed by atoms with Gasteiger partial charge in [-0.3, -0.25) is 9.78 Å². The zero-order valence-corrected chi connectivity index (χ0v) is 20.7. The van der Waals surface area contributed by atoms with Crippen LogP contribution in [-0.2, 0) is 17.5 Å². The number of benzene rings is 1. The van der Waals surface area contributed by atoms with E-state index in [-0.39, 0.29) is 19.5 Å². The van der Waals surface area contributed by atoms with Crippen molar-refractivity contribution in [2.45, 2.75) is 42.9 Å². The SMILES string of the molecule is C[C@H]1C(F)(F)C12CC(C(=O)NCc1cc(-c3ccc(C(F)(F)F)nc3)ncn1)N(Sc1ccc(F)cc1)C2. The van der Waals surface area contributed by atoms with E-state index >= 15 is 0 Å². The molecule has 3 aromatic rings. The van der Waals surface area contributed by atoms with E-state index < -0.39 is 46.9 Å². The smallest absolute Gasteiger partial charge is 0.349 e. The van der Waals surface area contributed by atoms with Gasteiger partial charge in [0.25, 0.3) is 5.92 Å². The van der Waals surface area contributed by atoms with Crippen LogP contribution in [0.5, 0.6) is 0 Å². The molecule has 2 aromatic heterocycles. The number of nitrogens with zero attached hydrogens (tertiary/aromatic N) is 4. The van der Waals surface area contributed by atoms with Gasteiger partial charge in [0.2, 0.25) is 5.91 Å². The molecule has 1 saturated heterocycles. The van der Waals surface area contributed by atoms with Crippen molar-refractivity contribution in [2.24, 2.45) is 11.3 Å². The third-order valence-electron chi connectivity index (χ3n) is 7.15. The van der Waals surface area contributed by atoms with Crippen LogP contribution in [0.3, 0.4) is 0 Å². The van der Waals surface area contributed by atoms with E-state index in [1.807, 2.05) is 0 Å². The van der Waals surface area contributed by atoms with Gasteiger partial charge in [0.15, 0.2) is 0 Å². The number of amides is 1. The average Bonchev–Trinajstić information content (AvgIpc) is 3.16. The first-order valence-corrected chi connectivity index (χ1v) is 12.4. The molecule has 1 aliphatic heterocycles. The third kappa shape index (κ3) is 4.84. The Morgan fingerprint density at radius 3 is 2.45 bits per heavy atom. The summed E-state index contributed by atoms with van der Waals surface area (Å²) in [5, 5.41) is 2.73. The first-order chi connectivity index (χ1) is 17.9. The second-order valence-electron chi connectivity index (χ2n) is 9.38. The van der Waals surface area contributed by atoms with Gasteiger partial charge >= 0.3 is 6.18 Å². The zero-order valence-electron chi connectivity index (χ0n) is 19.8. The van der Waals surface area contributed by atoms with Gasteiger partial charge in [-0.1, -0.05) is 6.92 Å². The minimum absolute atomic E-state index is 0.000126. The van der Waals surface area contributed by atoms with Crippen LogP contribution in [0.4, 0.5) is 26.3 Å². The topological polar surface area (TPSA) is 71.0 Å². The summed E-state index contributed by atoms with van der Waals surface area (Å²) in [5.41, 5.74) is -1.32. The number of hydrogen-bond donors (Lipinski definition) is 1. The summed E-state index contributed by atoms with van der Waals surface area (Å²) in [4.78, 5) is 25.3. The summed E-state index contributed by atoms with van der Waals surface area (Å²) in [7, 11) is 0. The molecular formula is C25H21F6N5OS. The van der Waals surface area contributed by atoms with E-state index in [1.165, 1.54) is 49.6 Å². The van der Waals surface area contributed by atoms with Crippen molar-refractivity contribution < 1.29 is 31.1 Å². The van der Waals surface area contributed by atoms with Crippen molar-refractivity contribution in [2.75, 3.05) is 6.54 Å². The Labute approximate surface area is 218 Å². The lowest BCUT2D eigenvalue weighted by molar-refractivity contribution is -0.141. The Balaban J connectivity index is 1.29. The lowest BCUT2D eigenvalue weighted by Crippen LogP contribution is -2.40. The summed E-state index contributed by atoms with van der Waals surface area (Å²) in [6.45, 7) is 1.42. The fourth-order valence-electron chi connectivity index (χ4n) is 4.77. The molecule has 1 aliphatic carbocycles. The van der Waals surface area contributed by atoms with Crippen LogP contribution in [-0.4, -0.2) is 43.7 Å². The van der Waals surface area contributed by atoms with Gasteiger partial charge in [0.05, 0.1) is 23.3 Å². The molecule has 3 atom stereocenters. The third-order valence-corrected chi connectivity index (χ3v) is 8.25. The van der Waals surface area contributed by atoms with Crippen LogP contribution in [0, 0.1) is 17.2 Å². The molecule has 200 valence electrons. The van der Waals surface area contributed by atoms with Gasteiger partial charge in [0.1, 0.15) is 23.9 Å². The summed E-state index contributed by atoms with van der Waals surface area (Å²) >= 11 is 1.13. The molecule has 1 saturated carbocycles. The molecule has 6 nitrogen and oxygen atoms in total. The van der Waals surface area contributed by atoms with Crippen LogP contribution in [0.25, 0.3) is 11.3 Å². The van der Waals surface area contributed by atoms with Gasteiger partial charge in [0, 0.05) is 29.1 Å². The van der Waals surface area contributed by atoms with Gasteiger partial charge in [-0.2, -0.15) is 13.2 Å². The van der Waals surface area contributed by atoms with Crippen molar-refractivity contribution >= 4 is 17.9 Å². The molecule has 3 heterocycles. The number of halogens is 6. The lowest BCUT2D eigenvalue weighted by Gasteiger charge is -2.22. The molecule has 1 aromatic carbocycles. The van der Waals surface area contributed by atoms with Gasteiger partial charge in [-0.15, -0.1) is 0 Å². The average molecular weight is 554 g/mol. The van der Waals surface area contributed by atoms with E-state index in [9.17, 15) is 31.1 Å². The van der Waals surface area contributed by atoms with E-state index in [0.717, 1.165) is 24.2 Å². The first kappa shape index (κ1) is 26.4. The lowest BCUT2D eigenvalue weighted by atomic mass is 9.99. The summed E-state index contributed by atoms with van der Waals surface area (Å²) in [5.74, 6) is -4.66. The largest absolute Gasteiger partial charge is 0.433 e. The summed E-state index contributed by atoms with van der Waals surface area (Å²) in [6, 6.07) is 8.29. The summed E-state index contributed by atoms with van der Waals surface area (Å²) < 4.78 is 82.3. The highest BCUT2D eigenvalue weighted by molar-refractivity contribution is 7.97. The van der Waals surface area contributed by atoms with Crippen LogP contribution in [0.1, 0.15) is 24.7 Å². The first-order valence-electron chi connectivity index (χ1n) is 11.6. The normalized spacial score (nSPS) is 24.5. The Bertz CT molecular complexity index is 1340. The molecule has 2 aliphatic rings. The van der Waals surface area contributed by atoms with Gasteiger partial charge in [-0.25, -0.2) is 27.4 Å². The molecule has 2 fully saturated rings. The van der Waals surface area contributed by atoms with Crippen molar-refractivity contribution in [3.63, 3.8) is 0 Å². The maximum Gasteiger partial charge on any atom is 0.433 e. The fourth-order valence-corrected chi connectivity index (χ4v) is 5.89. The van der Waals surface area contributed by atoms with E-state index in [4.69, 9.17) is 0 Å². The molecule has 38 heavy (non-hydrogen) atoms. The Morgan fingerprint density at radius 2 is 1.84 bits per heavy atom. The Hall–Kier alpha value is -3.19. The molecule has 1 amide bonds. The number of carbonyl (C=O) groups is 1. The summed E-state index contributed by atoms with van der Waals surface area (Å²) in [6.07, 6.45) is -2.34. The molecule has 13 heteroatoms. The van der Waals surface area contributed by atoms with E-state index in [0.29, 0.717) is 21.8 Å². The molecular weight excluding hydrogens is 532 g/mol. The van der Waals surface area contributed by atoms with Crippen molar-refractivity contribution in [3.05, 3.63) is 72.2 Å². The van der Waals surface area contributed by atoms with Gasteiger partial charge < -0.3 is 5.32 Å². The maximum absolute atomic E-state index is 14.5. The molecule has 1 spiro atoms. The number of nitrogens with one attached hydrogen (secondary N) is 1. The van der Waals surface area contributed by atoms with Gasteiger partial charge in [-0.05, 0) is 60.8 Å². The molecule has 5 rings (SSSR count). The predicted molar refractivity (Wildman–Crippen MR) is 126 cm³/mol. The zero-order chi connectivity index (χ0) is 27.3. The van der Waals surface area contributed by atoms with Crippen LogP contribution >= 0.6 is 11.9 Å². The molecule has 1 N–H and O–H groups in total. The Morgan fingerprint density at radius 1 is 1.13 bits per heavy atom. The van der Waals surface area contributed by atoms with Crippen LogP contribution < -0.4 is 5.32 Å². The number of aromatic nitrogens is 3. The minimum Gasteiger partial charge on any atom is -0.349 e. The number of rotatable bonds is 6. The highest BCUT2D eigenvalue weighted by atomic mass is 32.2. The van der Waals surface area contributed by atoms with Crippen molar-refractivity contribution in [3.8, 4) is 11.3 Å². The second-order valence-corrected chi connectivity index (χ2v) is 10.5. The highest BCUT2D eigenvalue weighted by Crippen LogP contribution is 2.71. The number of alkyl halides is 5. The van der Waals surface area contributed by atoms with Crippen LogP contribution in [0.15, 0.2) is 59.9 Å². The monoisotopic (exact) mass is 553 g/mol. The minimum atomic E-state index is -4.57. The molecule has 0 radical (unpaired) electrons. The van der Waals surface area contributed by atoms with E-state index in [1.54, 1.807) is 4.31 Å². The van der Waals surface area contributed by atoms with Crippen molar-refractivity contribution in [1.29, 1.82) is 0 Å². The van der Waals surface area contributed by atoms with Crippen molar-refractivity contribution in [1.82, 2.24) is 24.6 Å². The number of hydrogen-bond acceptors (Lipinski definition) is 6. The standard InChI is InChI=1S/C25H21F6N5OS/c1-14-23(24(14,27)28)9-20(36(12-23)38-18-5-3-16(26)4-6-18)22(37)33-11-17-8-19(35-13-34-17)15-2-7-21(32-10-15)25(29,30)31/h2-8,10,13-14,20H,9,11-12H2,1H3,(H,33,37)/t14-,20?,23?/m1/s1. The van der Waals surface area contributed by atoms with Crippen LogP contribution in [0.2, 0.25) is 0 Å². The Kier molecular flexibility index (Phi) is 6.62. The predicted octanol–water partition coefficient (Wildman–Crippen LogP) is 5.37. The second kappa shape index (κ2) is 9.53. The van der Waals surface area contributed by atoms with E-state index in [2.05, 4.69) is 20.3 Å². The highest BCUT2D eigenvalue weighted by Gasteiger charge is 2.81. The quantitative estimate of drug-likeness (QED) is 0.327. The fraction of sp³-hybridized carbons (Fsp3) is 0.360. The number of carbonyl (C=O) groups excluding carboxylic acids is 1. The number of pyridine rings is 1. The molecule has 0 bridgehead atoms. The molecule has 2 unspecified atom stereocenters.